The molecule has 2 bridgehead atoms. The Morgan fingerprint density at radius 3 is 2.13 bits per heavy atom. The van der Waals surface area contributed by atoms with E-state index in [-0.39, 0.29) is 11.7 Å². The van der Waals surface area contributed by atoms with Crippen LogP contribution >= 0.6 is 0 Å². The summed E-state index contributed by atoms with van der Waals surface area (Å²) in [4.78, 5) is 38.0. The Kier molecular flexibility index (Phi) is 3.29. The maximum absolute atomic E-state index is 13.0. The summed E-state index contributed by atoms with van der Waals surface area (Å²) in [6, 6.07) is 7.60. The molecular weight excluding hydrogens is 290 g/mol. The smallest absolute Gasteiger partial charge is 0.239 e. The molecular formula is C19H23NO3. The predicted molar refractivity (Wildman–Crippen MR) is 88.0 cm³/mol. The quantitative estimate of drug-likeness (QED) is 0.688. The molecule has 4 nitrogen and oxygen atoms in total. The van der Waals surface area contributed by atoms with Crippen LogP contribution in [0.5, 0.6) is 0 Å². The molecule has 3 rings (SSSR count). The van der Waals surface area contributed by atoms with Gasteiger partial charge in [-0.1, -0.05) is 39.8 Å². The van der Waals surface area contributed by atoms with Crippen molar-refractivity contribution in [2.75, 3.05) is 5.32 Å². The molecule has 0 saturated heterocycles. The number of amides is 1. The summed E-state index contributed by atoms with van der Waals surface area (Å²) >= 11 is 0. The normalized spacial score (nSPS) is 31.5. The van der Waals surface area contributed by atoms with Crippen molar-refractivity contribution in [3.8, 4) is 0 Å². The summed E-state index contributed by atoms with van der Waals surface area (Å²) in [7, 11) is 0. The molecule has 2 aliphatic rings. The van der Waals surface area contributed by atoms with Crippen molar-refractivity contribution >= 4 is 23.2 Å². The molecule has 4 heteroatoms. The highest BCUT2D eigenvalue weighted by atomic mass is 16.2. The van der Waals surface area contributed by atoms with Crippen molar-refractivity contribution in [1.29, 1.82) is 0 Å². The van der Waals surface area contributed by atoms with Crippen LogP contribution in [-0.2, 0) is 20.8 Å². The van der Waals surface area contributed by atoms with Crippen LogP contribution in [0.3, 0.4) is 0 Å². The van der Waals surface area contributed by atoms with Crippen molar-refractivity contribution in [1.82, 2.24) is 0 Å². The third-order valence-electron chi connectivity index (χ3n) is 6.55. The van der Waals surface area contributed by atoms with Gasteiger partial charge in [0.2, 0.25) is 17.5 Å². The molecule has 2 aliphatic carbocycles. The molecule has 2 saturated carbocycles. The van der Waals surface area contributed by atoms with Gasteiger partial charge in [0.15, 0.2) is 0 Å². The fraction of sp³-hybridized carbons (Fsp3) is 0.526. The van der Waals surface area contributed by atoms with E-state index in [4.69, 9.17) is 0 Å². The van der Waals surface area contributed by atoms with E-state index in [1.54, 1.807) is 0 Å². The average molecular weight is 313 g/mol. The fourth-order valence-electron chi connectivity index (χ4n) is 4.33. The molecule has 1 aromatic carbocycles. The number of anilines is 1. The van der Waals surface area contributed by atoms with E-state index in [1.165, 1.54) is 5.56 Å². The minimum atomic E-state index is -1.23. The molecule has 122 valence electrons. The Balaban J connectivity index is 1.95. The SMILES string of the molecule is CCc1ccc(NC(=O)[C@]23CC[C@](C)(C(=O)C2=O)C3(C)C)cc1. The highest BCUT2D eigenvalue weighted by Crippen LogP contribution is 2.69. The lowest BCUT2D eigenvalue weighted by molar-refractivity contribution is -0.147. The number of carbonyl (C=O) groups is 3. The van der Waals surface area contributed by atoms with Crippen LogP contribution in [0.2, 0.25) is 0 Å². The summed E-state index contributed by atoms with van der Waals surface area (Å²) in [6.45, 7) is 7.65. The number of Topliss-reactive ketones (excluding diaryl/α,β-unsaturated/α-hetero) is 2. The Morgan fingerprint density at radius 2 is 1.65 bits per heavy atom. The molecule has 0 heterocycles. The molecule has 2 fully saturated rings. The van der Waals surface area contributed by atoms with Crippen molar-refractivity contribution in [3.63, 3.8) is 0 Å². The summed E-state index contributed by atoms with van der Waals surface area (Å²) < 4.78 is 0. The van der Waals surface area contributed by atoms with Gasteiger partial charge >= 0.3 is 0 Å². The summed E-state index contributed by atoms with van der Waals surface area (Å²) in [6.07, 6.45) is 1.96. The van der Waals surface area contributed by atoms with Crippen molar-refractivity contribution < 1.29 is 14.4 Å². The number of benzene rings is 1. The van der Waals surface area contributed by atoms with Crippen LogP contribution in [0.4, 0.5) is 5.69 Å². The Labute approximate surface area is 136 Å². The second kappa shape index (κ2) is 4.76. The zero-order chi connectivity index (χ0) is 17.0. The van der Waals surface area contributed by atoms with Gasteiger partial charge in [-0.15, -0.1) is 0 Å². The Hall–Kier alpha value is -1.97. The zero-order valence-corrected chi connectivity index (χ0v) is 14.2. The Bertz CT molecular complexity index is 704. The third-order valence-corrected chi connectivity index (χ3v) is 6.55. The van der Waals surface area contributed by atoms with Gasteiger partial charge in [0.05, 0.1) is 0 Å². The van der Waals surface area contributed by atoms with Crippen LogP contribution < -0.4 is 5.32 Å². The number of rotatable bonds is 3. The first-order chi connectivity index (χ1) is 10.7. The molecule has 0 radical (unpaired) electrons. The number of hydrogen-bond acceptors (Lipinski definition) is 3. The second-order valence-corrected chi connectivity index (χ2v) is 7.53. The predicted octanol–water partition coefficient (Wildman–Crippen LogP) is 3.15. The number of fused-ring (bicyclic) bond motifs is 2. The van der Waals surface area contributed by atoms with Crippen LogP contribution in [0.1, 0.15) is 46.1 Å². The van der Waals surface area contributed by atoms with Crippen LogP contribution in [0.15, 0.2) is 24.3 Å². The fourth-order valence-corrected chi connectivity index (χ4v) is 4.33. The van der Waals surface area contributed by atoms with E-state index in [9.17, 15) is 14.4 Å². The summed E-state index contributed by atoms with van der Waals surface area (Å²) in [5, 5.41) is 2.87. The number of hydrogen-bond donors (Lipinski definition) is 1. The molecule has 23 heavy (non-hydrogen) atoms. The monoisotopic (exact) mass is 313 g/mol. The van der Waals surface area contributed by atoms with Gasteiger partial charge in [-0.3, -0.25) is 14.4 Å². The van der Waals surface area contributed by atoms with Gasteiger partial charge in [0.25, 0.3) is 0 Å². The van der Waals surface area contributed by atoms with E-state index in [2.05, 4.69) is 12.2 Å². The standard InChI is InChI=1S/C19H23NO3/c1-5-12-6-8-13(9-7-12)20-16(23)19-11-10-18(4,17(19,2)3)14(21)15(19)22/h6-9H,5,10-11H2,1-4H3,(H,20,23)/t18-,19+/m1/s1. The van der Waals surface area contributed by atoms with Gasteiger partial charge < -0.3 is 5.32 Å². The van der Waals surface area contributed by atoms with Gasteiger partial charge in [-0.05, 0) is 42.4 Å². The minimum absolute atomic E-state index is 0.341. The third kappa shape index (κ3) is 1.75. The van der Waals surface area contributed by atoms with E-state index < -0.39 is 22.0 Å². The first-order valence-corrected chi connectivity index (χ1v) is 8.20. The van der Waals surface area contributed by atoms with Crippen molar-refractivity contribution in [2.45, 2.75) is 47.0 Å². The summed E-state index contributed by atoms with van der Waals surface area (Å²) in [5.41, 5.74) is -0.780. The van der Waals surface area contributed by atoms with Gasteiger partial charge in [0, 0.05) is 11.1 Å². The van der Waals surface area contributed by atoms with Crippen LogP contribution in [0.25, 0.3) is 0 Å². The number of carbonyl (C=O) groups excluding carboxylic acids is 3. The summed E-state index contributed by atoms with van der Waals surface area (Å²) in [5.74, 6) is -1.24. The molecule has 1 aromatic rings. The van der Waals surface area contributed by atoms with E-state index >= 15 is 0 Å². The largest absolute Gasteiger partial charge is 0.325 e. The molecule has 0 aliphatic heterocycles. The Morgan fingerprint density at radius 1 is 1.04 bits per heavy atom. The van der Waals surface area contributed by atoms with Gasteiger partial charge in [-0.2, -0.15) is 0 Å². The van der Waals surface area contributed by atoms with E-state index in [0.717, 1.165) is 6.42 Å². The molecule has 0 unspecified atom stereocenters. The first-order valence-electron chi connectivity index (χ1n) is 8.20. The molecule has 0 aromatic heterocycles. The lowest BCUT2D eigenvalue weighted by Crippen LogP contribution is -2.47. The first kappa shape index (κ1) is 15.9. The molecule has 1 N–H and O–H groups in total. The average Bonchev–Trinajstić information content (AvgIpc) is 2.80. The number of aryl methyl sites for hydroxylation is 1. The lowest BCUT2D eigenvalue weighted by Gasteiger charge is -2.37. The van der Waals surface area contributed by atoms with Crippen LogP contribution in [-0.4, -0.2) is 17.5 Å². The van der Waals surface area contributed by atoms with E-state index in [1.807, 2.05) is 45.0 Å². The highest BCUT2D eigenvalue weighted by Gasteiger charge is 2.77. The van der Waals surface area contributed by atoms with Crippen molar-refractivity contribution in [2.24, 2.45) is 16.2 Å². The van der Waals surface area contributed by atoms with Crippen LogP contribution in [0, 0.1) is 16.2 Å². The molecule has 2 atom stereocenters. The second-order valence-electron chi connectivity index (χ2n) is 7.53. The van der Waals surface area contributed by atoms with Crippen molar-refractivity contribution in [3.05, 3.63) is 29.8 Å². The highest BCUT2D eigenvalue weighted by molar-refractivity contribution is 6.49. The topological polar surface area (TPSA) is 63.2 Å². The van der Waals surface area contributed by atoms with Gasteiger partial charge in [0.1, 0.15) is 5.41 Å². The molecule has 1 amide bonds. The maximum atomic E-state index is 13.0. The lowest BCUT2D eigenvalue weighted by atomic mass is 9.64. The zero-order valence-electron chi connectivity index (χ0n) is 14.2. The van der Waals surface area contributed by atoms with E-state index in [0.29, 0.717) is 18.5 Å². The number of ketones is 2. The van der Waals surface area contributed by atoms with Gasteiger partial charge in [-0.25, -0.2) is 0 Å². The maximum Gasteiger partial charge on any atom is 0.239 e. The number of nitrogens with one attached hydrogen (secondary N) is 1. The molecule has 0 spiro atoms. The minimum Gasteiger partial charge on any atom is -0.325 e.